The minimum absolute atomic E-state index is 0.0201. The summed E-state index contributed by atoms with van der Waals surface area (Å²) in [6.45, 7) is 4.93. The Bertz CT molecular complexity index is 883. The summed E-state index contributed by atoms with van der Waals surface area (Å²) in [6.07, 6.45) is 1.47. The number of rotatable bonds is 8. The lowest BCUT2D eigenvalue weighted by atomic mass is 10.1. The average Bonchev–Trinajstić information content (AvgIpc) is 3.25. The second-order valence-electron chi connectivity index (χ2n) is 6.20. The first kappa shape index (κ1) is 18.1. The molecule has 0 aliphatic carbocycles. The zero-order valence-electron chi connectivity index (χ0n) is 15.5. The molecule has 138 valence electrons. The minimum Gasteiger partial charge on any atom is -0.378 e. The Morgan fingerprint density at radius 1 is 1.35 bits per heavy atom. The molecule has 3 aromatic rings. The maximum absolute atomic E-state index is 12.9. The van der Waals surface area contributed by atoms with Crippen LogP contribution in [0.2, 0.25) is 0 Å². The van der Waals surface area contributed by atoms with Crippen molar-refractivity contribution in [1.82, 2.24) is 25.1 Å². The Kier molecular flexibility index (Phi) is 5.68. The Morgan fingerprint density at radius 2 is 2.15 bits per heavy atom. The number of fused-ring (bicyclic) bond motifs is 1. The van der Waals surface area contributed by atoms with E-state index in [-0.39, 0.29) is 11.9 Å². The summed E-state index contributed by atoms with van der Waals surface area (Å²) in [5.41, 5.74) is 3.59. The number of ether oxygens (including phenoxy) is 1. The molecule has 2 N–H and O–H groups in total. The van der Waals surface area contributed by atoms with Gasteiger partial charge in [-0.05, 0) is 24.6 Å². The van der Waals surface area contributed by atoms with Crippen LogP contribution in [-0.4, -0.2) is 32.8 Å². The number of hydrogen-bond acceptors (Lipinski definition) is 4. The van der Waals surface area contributed by atoms with Crippen LogP contribution >= 0.6 is 0 Å². The molecule has 7 heteroatoms. The molecule has 7 nitrogen and oxygen atoms in total. The fourth-order valence-corrected chi connectivity index (χ4v) is 3.20. The third-order valence-corrected chi connectivity index (χ3v) is 4.42. The van der Waals surface area contributed by atoms with E-state index in [1.54, 1.807) is 7.11 Å². The molecule has 26 heavy (non-hydrogen) atoms. The number of H-pyrrole nitrogens is 1. The molecule has 0 radical (unpaired) electrons. The van der Waals surface area contributed by atoms with Crippen molar-refractivity contribution in [3.05, 3.63) is 47.5 Å². The van der Waals surface area contributed by atoms with E-state index in [0.717, 1.165) is 34.7 Å². The average molecular weight is 355 g/mol. The molecule has 0 bridgehead atoms. The van der Waals surface area contributed by atoms with E-state index in [0.29, 0.717) is 19.6 Å². The van der Waals surface area contributed by atoms with Gasteiger partial charge < -0.3 is 14.6 Å². The van der Waals surface area contributed by atoms with Gasteiger partial charge in [0.15, 0.2) is 0 Å². The number of nitrogens with one attached hydrogen (secondary N) is 2. The highest BCUT2D eigenvalue weighted by atomic mass is 16.5. The topological polar surface area (TPSA) is 84.8 Å². The number of methoxy groups -OCH3 is 1. The van der Waals surface area contributed by atoms with Crippen molar-refractivity contribution in [2.24, 2.45) is 0 Å². The highest BCUT2D eigenvalue weighted by molar-refractivity contribution is 5.84. The maximum atomic E-state index is 12.9. The van der Waals surface area contributed by atoms with E-state index in [4.69, 9.17) is 4.74 Å². The van der Waals surface area contributed by atoms with Gasteiger partial charge in [-0.15, -0.1) is 0 Å². The highest BCUT2D eigenvalue weighted by Crippen LogP contribution is 2.24. The van der Waals surface area contributed by atoms with Gasteiger partial charge in [0.05, 0.1) is 35.6 Å². The molecular formula is C19H25N5O2. The number of benzene rings is 1. The fraction of sp³-hybridized carbons (Fsp3) is 0.421. The molecule has 2 aromatic heterocycles. The third kappa shape index (κ3) is 3.62. The lowest BCUT2D eigenvalue weighted by Crippen LogP contribution is -2.32. The van der Waals surface area contributed by atoms with E-state index < -0.39 is 0 Å². The second kappa shape index (κ2) is 8.14. The van der Waals surface area contributed by atoms with Crippen molar-refractivity contribution in [2.45, 2.75) is 45.9 Å². The van der Waals surface area contributed by atoms with E-state index in [1.807, 2.05) is 37.3 Å². The number of amides is 1. The summed E-state index contributed by atoms with van der Waals surface area (Å²) in [5, 5.41) is 10.1. The molecule has 0 saturated carbocycles. The number of aryl methyl sites for hydroxylation is 1. The standard InChI is InChI=1S/C19H25N5O2/c1-4-16(19(25)20-11-13-10-14(12-26-3)23-22-13)24-17-9-7-6-8-15(17)21-18(24)5-2/h6-10,16H,4-5,11-12H2,1-3H3,(H,20,25)(H,22,23)/t16-/m0/s1. The first-order chi connectivity index (χ1) is 12.7. The first-order valence-corrected chi connectivity index (χ1v) is 8.93. The van der Waals surface area contributed by atoms with Gasteiger partial charge in [0.2, 0.25) is 5.91 Å². The second-order valence-corrected chi connectivity index (χ2v) is 6.20. The number of carbonyl (C=O) groups excluding carboxylic acids is 1. The van der Waals surface area contributed by atoms with Gasteiger partial charge in [-0.1, -0.05) is 26.0 Å². The largest absolute Gasteiger partial charge is 0.378 e. The van der Waals surface area contributed by atoms with Gasteiger partial charge in [0, 0.05) is 13.5 Å². The molecule has 1 aromatic carbocycles. The van der Waals surface area contributed by atoms with Crippen LogP contribution in [0, 0.1) is 0 Å². The highest BCUT2D eigenvalue weighted by Gasteiger charge is 2.23. The van der Waals surface area contributed by atoms with Crippen molar-refractivity contribution in [3.8, 4) is 0 Å². The summed E-state index contributed by atoms with van der Waals surface area (Å²) in [6, 6.07) is 9.55. The zero-order valence-corrected chi connectivity index (χ0v) is 15.5. The van der Waals surface area contributed by atoms with Gasteiger partial charge >= 0.3 is 0 Å². The van der Waals surface area contributed by atoms with Crippen LogP contribution in [0.25, 0.3) is 11.0 Å². The van der Waals surface area contributed by atoms with Crippen LogP contribution in [-0.2, 0) is 29.1 Å². The predicted molar refractivity (Wildman–Crippen MR) is 99.6 cm³/mol. The Hall–Kier alpha value is -2.67. The maximum Gasteiger partial charge on any atom is 0.243 e. The van der Waals surface area contributed by atoms with Crippen LogP contribution in [0.4, 0.5) is 0 Å². The summed E-state index contributed by atoms with van der Waals surface area (Å²) >= 11 is 0. The molecule has 0 aliphatic rings. The number of carbonyl (C=O) groups is 1. The molecule has 0 unspecified atom stereocenters. The molecule has 0 fully saturated rings. The SMILES string of the molecule is CCc1nc2ccccc2n1[C@@H](CC)C(=O)NCc1cc(COC)n[nH]1. The van der Waals surface area contributed by atoms with Gasteiger partial charge in [-0.2, -0.15) is 5.10 Å². The summed E-state index contributed by atoms with van der Waals surface area (Å²) in [7, 11) is 1.63. The van der Waals surface area contributed by atoms with Gasteiger partial charge in [-0.25, -0.2) is 4.98 Å². The molecule has 2 heterocycles. The normalized spacial score (nSPS) is 12.4. The molecule has 1 amide bonds. The molecule has 0 aliphatic heterocycles. The lowest BCUT2D eigenvalue weighted by Gasteiger charge is -2.19. The Balaban J connectivity index is 1.78. The summed E-state index contributed by atoms with van der Waals surface area (Å²) in [4.78, 5) is 17.5. The first-order valence-electron chi connectivity index (χ1n) is 8.93. The minimum atomic E-state index is -0.293. The van der Waals surface area contributed by atoms with Crippen molar-refractivity contribution in [1.29, 1.82) is 0 Å². The monoisotopic (exact) mass is 355 g/mol. The van der Waals surface area contributed by atoms with Crippen molar-refractivity contribution < 1.29 is 9.53 Å². The fourth-order valence-electron chi connectivity index (χ4n) is 3.20. The van der Waals surface area contributed by atoms with E-state index in [1.165, 1.54) is 0 Å². The van der Waals surface area contributed by atoms with Crippen LogP contribution < -0.4 is 5.32 Å². The molecule has 1 atom stereocenters. The Morgan fingerprint density at radius 3 is 2.88 bits per heavy atom. The summed E-state index contributed by atoms with van der Waals surface area (Å²) in [5.74, 6) is 0.908. The number of aromatic amines is 1. The number of para-hydroxylation sites is 2. The zero-order chi connectivity index (χ0) is 18.5. The Labute approximate surface area is 152 Å². The van der Waals surface area contributed by atoms with Gasteiger partial charge in [0.1, 0.15) is 11.9 Å². The van der Waals surface area contributed by atoms with Crippen LogP contribution in [0.5, 0.6) is 0 Å². The molecular weight excluding hydrogens is 330 g/mol. The van der Waals surface area contributed by atoms with E-state index in [2.05, 4.69) is 32.0 Å². The van der Waals surface area contributed by atoms with Crippen molar-refractivity contribution in [3.63, 3.8) is 0 Å². The molecule has 0 saturated heterocycles. The number of imidazole rings is 1. The van der Waals surface area contributed by atoms with E-state index in [9.17, 15) is 4.79 Å². The van der Waals surface area contributed by atoms with Crippen LogP contribution in [0.15, 0.2) is 30.3 Å². The lowest BCUT2D eigenvalue weighted by molar-refractivity contribution is -0.124. The van der Waals surface area contributed by atoms with Crippen LogP contribution in [0.3, 0.4) is 0 Å². The quantitative estimate of drug-likeness (QED) is 0.651. The predicted octanol–water partition coefficient (Wildman–Crippen LogP) is 2.74. The van der Waals surface area contributed by atoms with Crippen molar-refractivity contribution >= 4 is 16.9 Å². The van der Waals surface area contributed by atoms with E-state index >= 15 is 0 Å². The van der Waals surface area contributed by atoms with Gasteiger partial charge in [0.25, 0.3) is 0 Å². The molecule has 3 rings (SSSR count). The van der Waals surface area contributed by atoms with Crippen LogP contribution in [0.1, 0.15) is 43.5 Å². The van der Waals surface area contributed by atoms with Crippen molar-refractivity contribution in [2.75, 3.05) is 7.11 Å². The smallest absolute Gasteiger partial charge is 0.243 e. The summed E-state index contributed by atoms with van der Waals surface area (Å²) < 4.78 is 7.12. The number of nitrogens with zero attached hydrogens (tertiary/aromatic N) is 3. The number of hydrogen-bond donors (Lipinski definition) is 2. The third-order valence-electron chi connectivity index (χ3n) is 4.42. The van der Waals surface area contributed by atoms with Gasteiger partial charge in [-0.3, -0.25) is 9.89 Å². The molecule has 0 spiro atoms. The number of aromatic nitrogens is 4.